The predicted molar refractivity (Wildman–Crippen MR) is 116 cm³/mol. The Hall–Kier alpha value is -3.47. The molecule has 0 aromatic carbocycles. The van der Waals surface area contributed by atoms with Crippen LogP contribution in [0.1, 0.15) is 35.7 Å². The van der Waals surface area contributed by atoms with Gasteiger partial charge in [0.2, 0.25) is 0 Å². The summed E-state index contributed by atoms with van der Waals surface area (Å²) < 4.78 is 21.9. The molecule has 3 N–H and O–H groups in total. The second-order valence-corrected chi connectivity index (χ2v) is 8.03. The number of halogens is 1. The smallest absolute Gasteiger partial charge is 0.274 e. The molecule has 1 saturated heterocycles. The summed E-state index contributed by atoms with van der Waals surface area (Å²) in [4.78, 5) is 30.2. The highest BCUT2D eigenvalue weighted by Gasteiger charge is 2.39. The number of hydrogen-bond donors (Lipinski definition) is 3. The Labute approximate surface area is 182 Å². The third-order valence-corrected chi connectivity index (χ3v) is 5.77. The number of nitrogens with zero attached hydrogens (tertiary/aromatic N) is 4. The normalized spacial score (nSPS) is 22.5. The fraction of sp³-hybridized carbons (Fsp3) is 0.429. The van der Waals surface area contributed by atoms with Gasteiger partial charge in [-0.25, -0.2) is 9.37 Å². The first kappa shape index (κ1) is 20.4. The minimum absolute atomic E-state index is 0.00630. The van der Waals surface area contributed by atoms with Crippen LogP contribution in [0.25, 0.3) is 5.65 Å². The fourth-order valence-corrected chi connectivity index (χ4v) is 3.90. The molecule has 2 fully saturated rings. The molecule has 0 bridgehead atoms. The summed E-state index contributed by atoms with van der Waals surface area (Å²) in [6.07, 6.45) is 4.27. The standard InChI is InChI=1S/C21H24FN7O3/c1-23-18-9-17(25-15-5-2-6-28(21(15)31)12-4-3-7-32-11-12)27-19-13(10-24-29(18)19)20(30)26-16-8-14(16)22/h2,5-6,9-10,12,14,16,23H,3-4,7-8,11H2,1H3,(H,25,27)(H,26,30)/t12-,14-,16+/m0/s1. The summed E-state index contributed by atoms with van der Waals surface area (Å²) in [7, 11) is 1.72. The minimum atomic E-state index is -1.01. The number of hydrogen-bond acceptors (Lipinski definition) is 7. The number of alkyl halides is 1. The molecule has 0 unspecified atom stereocenters. The van der Waals surface area contributed by atoms with Crippen molar-refractivity contribution in [3.05, 3.63) is 46.5 Å². The SMILES string of the molecule is CNc1cc(Nc2cccn([C@H]3CCCOC3)c2=O)nc2c(C(=O)N[C@@H]3C[C@@H]3F)cnn12. The lowest BCUT2D eigenvalue weighted by molar-refractivity contribution is 0.0581. The van der Waals surface area contributed by atoms with E-state index in [0.29, 0.717) is 42.6 Å². The van der Waals surface area contributed by atoms with E-state index in [4.69, 9.17) is 4.74 Å². The number of pyridine rings is 1. The maximum Gasteiger partial charge on any atom is 0.274 e. The molecule has 2 aliphatic rings. The van der Waals surface area contributed by atoms with E-state index in [2.05, 4.69) is 26.0 Å². The lowest BCUT2D eigenvalue weighted by atomic mass is 10.1. The summed E-state index contributed by atoms with van der Waals surface area (Å²) in [5.41, 5.74) is 0.713. The average molecular weight is 441 g/mol. The quantitative estimate of drug-likeness (QED) is 0.535. The van der Waals surface area contributed by atoms with Crippen LogP contribution in [0.3, 0.4) is 0 Å². The van der Waals surface area contributed by atoms with Crippen LogP contribution >= 0.6 is 0 Å². The van der Waals surface area contributed by atoms with E-state index in [1.54, 1.807) is 36.0 Å². The second-order valence-electron chi connectivity index (χ2n) is 8.03. The Morgan fingerprint density at radius 2 is 2.22 bits per heavy atom. The average Bonchev–Trinajstić information content (AvgIpc) is 3.32. The van der Waals surface area contributed by atoms with Crippen LogP contribution in [0.4, 0.5) is 21.7 Å². The van der Waals surface area contributed by atoms with Gasteiger partial charge in [0.25, 0.3) is 11.5 Å². The first-order valence-corrected chi connectivity index (χ1v) is 10.6. The molecule has 5 rings (SSSR count). The number of fused-ring (bicyclic) bond motifs is 1. The Morgan fingerprint density at radius 1 is 1.38 bits per heavy atom. The molecule has 11 heteroatoms. The van der Waals surface area contributed by atoms with E-state index in [-0.39, 0.29) is 17.2 Å². The number of aromatic nitrogens is 4. The highest BCUT2D eigenvalue weighted by molar-refractivity contribution is 6.00. The van der Waals surface area contributed by atoms with E-state index in [1.165, 1.54) is 10.7 Å². The van der Waals surface area contributed by atoms with Crippen molar-refractivity contribution in [2.45, 2.75) is 37.5 Å². The predicted octanol–water partition coefficient (Wildman–Crippen LogP) is 1.87. The molecule has 3 aromatic rings. The zero-order valence-electron chi connectivity index (χ0n) is 17.5. The largest absolute Gasteiger partial charge is 0.379 e. The molecule has 168 valence electrons. The maximum absolute atomic E-state index is 13.2. The van der Waals surface area contributed by atoms with Crippen LogP contribution in [-0.4, -0.2) is 57.5 Å². The van der Waals surface area contributed by atoms with E-state index >= 15 is 0 Å². The summed E-state index contributed by atoms with van der Waals surface area (Å²) in [6, 6.07) is 4.71. The van der Waals surface area contributed by atoms with Gasteiger partial charge in [0.15, 0.2) is 5.65 Å². The monoisotopic (exact) mass is 441 g/mol. The van der Waals surface area contributed by atoms with Crippen LogP contribution in [0.2, 0.25) is 0 Å². The Balaban J connectivity index is 1.47. The Kier molecular flexibility index (Phi) is 5.25. The first-order valence-electron chi connectivity index (χ1n) is 10.6. The van der Waals surface area contributed by atoms with E-state index in [0.717, 1.165) is 12.8 Å². The van der Waals surface area contributed by atoms with Gasteiger partial charge in [-0.15, -0.1) is 0 Å². The van der Waals surface area contributed by atoms with Crippen molar-refractivity contribution < 1.29 is 13.9 Å². The van der Waals surface area contributed by atoms with Gasteiger partial charge in [-0.05, 0) is 25.0 Å². The van der Waals surface area contributed by atoms with Gasteiger partial charge in [-0.3, -0.25) is 9.59 Å². The number of ether oxygens (including phenoxy) is 1. The van der Waals surface area contributed by atoms with Crippen molar-refractivity contribution in [3.8, 4) is 0 Å². The molecule has 1 amide bonds. The van der Waals surface area contributed by atoms with Crippen LogP contribution in [0.5, 0.6) is 0 Å². The zero-order chi connectivity index (χ0) is 22.2. The second kappa shape index (κ2) is 8.23. The van der Waals surface area contributed by atoms with Gasteiger partial charge in [-0.2, -0.15) is 9.61 Å². The van der Waals surface area contributed by atoms with E-state index in [9.17, 15) is 14.0 Å². The molecular formula is C21H24FN7O3. The number of nitrogens with one attached hydrogen (secondary N) is 3. The molecule has 1 aliphatic carbocycles. The van der Waals surface area contributed by atoms with Gasteiger partial charge >= 0.3 is 0 Å². The summed E-state index contributed by atoms with van der Waals surface area (Å²) in [6.45, 7) is 1.22. The highest BCUT2D eigenvalue weighted by atomic mass is 19.1. The Bertz CT molecular complexity index is 1220. The third-order valence-electron chi connectivity index (χ3n) is 5.77. The summed E-state index contributed by atoms with van der Waals surface area (Å²) in [5.74, 6) is 0.514. The number of rotatable bonds is 6. The van der Waals surface area contributed by atoms with Gasteiger partial charge < -0.3 is 25.3 Å². The van der Waals surface area contributed by atoms with Crippen LogP contribution in [0.15, 0.2) is 35.4 Å². The molecule has 3 atom stereocenters. The molecule has 1 aliphatic heterocycles. The van der Waals surface area contributed by atoms with Gasteiger partial charge in [0.05, 0.1) is 24.9 Å². The first-order chi connectivity index (χ1) is 15.5. The van der Waals surface area contributed by atoms with Gasteiger partial charge in [-0.1, -0.05) is 0 Å². The van der Waals surface area contributed by atoms with Gasteiger partial charge in [0, 0.05) is 32.3 Å². The molecule has 4 heterocycles. The molecule has 3 aromatic heterocycles. The van der Waals surface area contributed by atoms with Crippen molar-refractivity contribution in [1.82, 2.24) is 24.5 Å². The van der Waals surface area contributed by atoms with Crippen molar-refractivity contribution in [1.29, 1.82) is 0 Å². The minimum Gasteiger partial charge on any atom is -0.379 e. The van der Waals surface area contributed by atoms with Gasteiger partial charge in [0.1, 0.15) is 29.1 Å². The van der Waals surface area contributed by atoms with E-state index < -0.39 is 18.1 Å². The van der Waals surface area contributed by atoms with Crippen molar-refractivity contribution in [2.24, 2.45) is 0 Å². The van der Waals surface area contributed by atoms with Crippen LogP contribution in [-0.2, 0) is 4.74 Å². The topological polar surface area (TPSA) is 115 Å². The molecule has 32 heavy (non-hydrogen) atoms. The molecule has 0 spiro atoms. The summed E-state index contributed by atoms with van der Waals surface area (Å²) in [5, 5.41) is 13.0. The van der Waals surface area contributed by atoms with Crippen molar-refractivity contribution >= 4 is 28.9 Å². The number of anilines is 3. The summed E-state index contributed by atoms with van der Waals surface area (Å²) >= 11 is 0. The number of amides is 1. The fourth-order valence-electron chi connectivity index (χ4n) is 3.90. The lowest BCUT2D eigenvalue weighted by Gasteiger charge is -2.24. The molecule has 1 saturated carbocycles. The molecule has 10 nitrogen and oxygen atoms in total. The third kappa shape index (κ3) is 3.79. The van der Waals surface area contributed by atoms with E-state index in [1.807, 2.05) is 0 Å². The highest BCUT2D eigenvalue weighted by Crippen LogP contribution is 2.26. The van der Waals surface area contributed by atoms with Crippen LogP contribution < -0.4 is 21.5 Å². The molecular weight excluding hydrogens is 417 g/mol. The Morgan fingerprint density at radius 3 is 2.94 bits per heavy atom. The maximum atomic E-state index is 13.2. The van der Waals surface area contributed by atoms with Crippen molar-refractivity contribution in [3.63, 3.8) is 0 Å². The number of carbonyl (C=O) groups is 1. The van der Waals surface area contributed by atoms with Crippen LogP contribution in [0, 0.1) is 0 Å². The van der Waals surface area contributed by atoms with Crippen molar-refractivity contribution in [2.75, 3.05) is 30.9 Å². The lowest BCUT2D eigenvalue weighted by Crippen LogP contribution is -2.31. The molecule has 0 radical (unpaired) electrons. The number of carbonyl (C=O) groups excluding carboxylic acids is 1. The zero-order valence-corrected chi connectivity index (χ0v) is 17.5.